The monoisotopic (exact) mass is 344 g/mol. The van der Waals surface area contributed by atoms with Crippen molar-refractivity contribution in [3.8, 4) is 0 Å². The molecule has 132 valence electrons. The van der Waals surface area contributed by atoms with Crippen LogP contribution in [0.5, 0.6) is 0 Å². The van der Waals surface area contributed by atoms with Gasteiger partial charge in [-0.15, -0.1) is 5.10 Å². The molecule has 2 aliphatic rings. The summed E-state index contributed by atoms with van der Waals surface area (Å²) in [6.07, 6.45) is 5.99. The van der Waals surface area contributed by atoms with Crippen molar-refractivity contribution in [1.82, 2.24) is 19.1 Å². The van der Waals surface area contributed by atoms with Gasteiger partial charge in [0.05, 0.1) is 0 Å². The number of fused-ring (bicyclic) bond motifs is 2. The standard InChI is InChI=1S/C17H20N4O4/c22-15(10-20-17(25)19-8-4-3-7-14(19)18-20)21-12-6-2-1-5-11(12)9-13(21)16(23)24/h3-4,7-8,11-13H,1-2,5-6,9-10H2,(H,23,24)/t11-,12-,13-/m0/s1. The minimum Gasteiger partial charge on any atom is -0.480 e. The maximum atomic E-state index is 12.9. The lowest BCUT2D eigenvalue weighted by atomic mass is 9.85. The molecule has 1 saturated carbocycles. The van der Waals surface area contributed by atoms with Crippen LogP contribution in [0.15, 0.2) is 29.2 Å². The van der Waals surface area contributed by atoms with Gasteiger partial charge in [0, 0.05) is 12.2 Å². The normalized spacial score (nSPS) is 25.9. The highest BCUT2D eigenvalue weighted by Gasteiger charge is 2.47. The molecule has 8 heteroatoms. The molecular weight excluding hydrogens is 324 g/mol. The number of carbonyl (C=O) groups is 2. The number of hydrogen-bond donors (Lipinski definition) is 1. The number of rotatable bonds is 3. The molecule has 0 radical (unpaired) electrons. The summed E-state index contributed by atoms with van der Waals surface area (Å²) in [7, 11) is 0. The molecule has 3 heterocycles. The van der Waals surface area contributed by atoms with E-state index in [1.807, 2.05) is 0 Å². The molecular formula is C17H20N4O4. The second kappa shape index (κ2) is 6.02. The fourth-order valence-electron chi connectivity index (χ4n) is 4.32. The molecule has 8 nitrogen and oxygen atoms in total. The third-order valence-corrected chi connectivity index (χ3v) is 5.43. The summed E-state index contributed by atoms with van der Waals surface area (Å²) in [5, 5.41) is 13.7. The Morgan fingerprint density at radius 3 is 2.80 bits per heavy atom. The molecule has 2 aromatic rings. The molecule has 4 rings (SSSR count). The molecule has 2 fully saturated rings. The molecule has 1 saturated heterocycles. The number of aromatic nitrogens is 3. The Labute approximate surface area is 143 Å². The lowest BCUT2D eigenvalue weighted by molar-refractivity contribution is -0.150. The van der Waals surface area contributed by atoms with Crippen LogP contribution in [0.2, 0.25) is 0 Å². The van der Waals surface area contributed by atoms with Crippen LogP contribution in [0, 0.1) is 5.92 Å². The zero-order chi connectivity index (χ0) is 17.6. The minimum absolute atomic E-state index is 0.0323. The molecule has 3 atom stereocenters. The Kier molecular flexibility index (Phi) is 3.82. The minimum atomic E-state index is -0.968. The molecule has 2 aromatic heterocycles. The first-order chi connectivity index (χ1) is 12.1. The maximum Gasteiger partial charge on any atom is 0.350 e. The SMILES string of the molecule is O=C(O)[C@@H]1C[C@@H]2CCCC[C@@H]2N1C(=O)Cn1nc2ccccn2c1=O. The summed E-state index contributed by atoms with van der Waals surface area (Å²) in [6, 6.07) is 4.34. The van der Waals surface area contributed by atoms with E-state index in [4.69, 9.17) is 0 Å². The third kappa shape index (κ3) is 2.61. The molecule has 0 bridgehead atoms. The van der Waals surface area contributed by atoms with Crippen molar-refractivity contribution in [3.05, 3.63) is 34.9 Å². The number of carbonyl (C=O) groups excluding carboxylic acids is 1. The van der Waals surface area contributed by atoms with Crippen molar-refractivity contribution >= 4 is 17.5 Å². The lowest BCUT2D eigenvalue weighted by Crippen LogP contribution is -2.48. The van der Waals surface area contributed by atoms with Gasteiger partial charge in [0.25, 0.3) is 0 Å². The Balaban J connectivity index is 1.63. The summed E-state index contributed by atoms with van der Waals surface area (Å²) in [6.45, 7) is -0.229. The predicted octanol–water partition coefficient (Wildman–Crippen LogP) is 0.740. The number of hydrogen-bond acceptors (Lipinski definition) is 4. The van der Waals surface area contributed by atoms with Crippen LogP contribution in [-0.2, 0) is 16.1 Å². The first-order valence-corrected chi connectivity index (χ1v) is 8.64. The summed E-state index contributed by atoms with van der Waals surface area (Å²) in [4.78, 5) is 38.4. The van der Waals surface area contributed by atoms with Crippen molar-refractivity contribution < 1.29 is 14.7 Å². The fraction of sp³-hybridized carbons (Fsp3) is 0.529. The van der Waals surface area contributed by atoms with Gasteiger partial charge in [0.2, 0.25) is 5.91 Å². The van der Waals surface area contributed by atoms with Gasteiger partial charge in [-0.05, 0) is 37.3 Å². The van der Waals surface area contributed by atoms with E-state index < -0.39 is 17.7 Å². The number of nitrogens with zero attached hydrogens (tertiary/aromatic N) is 4. The topological polar surface area (TPSA) is 96.9 Å². The van der Waals surface area contributed by atoms with E-state index in [1.165, 1.54) is 9.30 Å². The quantitative estimate of drug-likeness (QED) is 0.886. The van der Waals surface area contributed by atoms with Gasteiger partial charge in [-0.25, -0.2) is 14.3 Å². The largest absolute Gasteiger partial charge is 0.480 e. The highest BCUT2D eigenvalue weighted by Crippen LogP contribution is 2.39. The molecule has 0 unspecified atom stereocenters. The first-order valence-electron chi connectivity index (χ1n) is 8.64. The van der Waals surface area contributed by atoms with E-state index in [1.54, 1.807) is 24.4 Å². The zero-order valence-electron chi connectivity index (χ0n) is 13.7. The molecule has 1 aliphatic heterocycles. The smallest absolute Gasteiger partial charge is 0.350 e. The third-order valence-electron chi connectivity index (χ3n) is 5.43. The Bertz CT molecular complexity index is 886. The zero-order valence-corrected chi connectivity index (χ0v) is 13.7. The van der Waals surface area contributed by atoms with Crippen LogP contribution in [0.25, 0.3) is 5.65 Å². The average Bonchev–Trinajstić information content (AvgIpc) is 3.14. The van der Waals surface area contributed by atoms with Crippen LogP contribution in [-0.4, -0.2) is 48.1 Å². The summed E-state index contributed by atoms with van der Waals surface area (Å²) < 4.78 is 2.49. The van der Waals surface area contributed by atoms with E-state index >= 15 is 0 Å². The summed E-state index contributed by atoms with van der Waals surface area (Å²) >= 11 is 0. The van der Waals surface area contributed by atoms with Gasteiger partial charge in [0.1, 0.15) is 12.6 Å². The van der Waals surface area contributed by atoms with E-state index in [9.17, 15) is 19.5 Å². The maximum absolute atomic E-state index is 12.9. The van der Waals surface area contributed by atoms with Gasteiger partial charge in [-0.1, -0.05) is 18.9 Å². The van der Waals surface area contributed by atoms with Gasteiger partial charge in [0.15, 0.2) is 5.65 Å². The fourth-order valence-corrected chi connectivity index (χ4v) is 4.32. The van der Waals surface area contributed by atoms with Gasteiger partial charge >= 0.3 is 11.7 Å². The van der Waals surface area contributed by atoms with E-state index in [2.05, 4.69) is 5.10 Å². The predicted molar refractivity (Wildman–Crippen MR) is 88.1 cm³/mol. The van der Waals surface area contributed by atoms with E-state index in [-0.39, 0.29) is 24.4 Å². The van der Waals surface area contributed by atoms with Gasteiger partial charge in [-0.2, -0.15) is 0 Å². The Hall–Kier alpha value is -2.64. The number of carboxylic acids is 1. The second-order valence-electron chi connectivity index (χ2n) is 6.87. The molecule has 25 heavy (non-hydrogen) atoms. The second-order valence-corrected chi connectivity index (χ2v) is 6.87. The highest BCUT2D eigenvalue weighted by atomic mass is 16.4. The van der Waals surface area contributed by atoms with Gasteiger partial charge in [-0.3, -0.25) is 9.20 Å². The number of amides is 1. The molecule has 1 amide bonds. The molecule has 1 N–H and O–H groups in total. The van der Waals surface area contributed by atoms with Crippen molar-refractivity contribution in [2.45, 2.75) is 50.7 Å². The summed E-state index contributed by atoms with van der Waals surface area (Å²) in [5.74, 6) is -1.06. The number of pyridine rings is 1. The van der Waals surface area contributed by atoms with Crippen LogP contribution in [0.4, 0.5) is 0 Å². The Morgan fingerprint density at radius 1 is 1.24 bits per heavy atom. The van der Waals surface area contributed by atoms with E-state index in [0.29, 0.717) is 12.1 Å². The molecule has 1 aliphatic carbocycles. The number of aliphatic carboxylic acids is 1. The summed E-state index contributed by atoms with van der Waals surface area (Å²) in [5.41, 5.74) is 0.0715. The van der Waals surface area contributed by atoms with Crippen molar-refractivity contribution in [3.63, 3.8) is 0 Å². The Morgan fingerprint density at radius 2 is 2.04 bits per heavy atom. The van der Waals surface area contributed by atoms with Gasteiger partial charge < -0.3 is 10.0 Å². The first kappa shape index (κ1) is 15.9. The average molecular weight is 344 g/mol. The highest BCUT2D eigenvalue weighted by molar-refractivity contribution is 5.84. The number of carboxylic acid groups (broad SMARTS) is 1. The van der Waals surface area contributed by atoms with Crippen LogP contribution >= 0.6 is 0 Å². The van der Waals surface area contributed by atoms with Crippen LogP contribution in [0.1, 0.15) is 32.1 Å². The number of likely N-dealkylation sites (tertiary alicyclic amines) is 1. The van der Waals surface area contributed by atoms with Crippen molar-refractivity contribution in [2.24, 2.45) is 5.92 Å². The lowest BCUT2D eigenvalue weighted by Gasteiger charge is -2.32. The van der Waals surface area contributed by atoms with E-state index in [0.717, 1.165) is 30.4 Å². The van der Waals surface area contributed by atoms with Crippen molar-refractivity contribution in [1.29, 1.82) is 0 Å². The van der Waals surface area contributed by atoms with Crippen LogP contribution in [0.3, 0.4) is 0 Å². The molecule has 0 aromatic carbocycles. The molecule has 0 spiro atoms. The van der Waals surface area contributed by atoms with Crippen LogP contribution < -0.4 is 5.69 Å². The van der Waals surface area contributed by atoms with Crippen molar-refractivity contribution in [2.75, 3.05) is 0 Å².